The molecule has 1 fully saturated rings. The normalized spacial score (nSPS) is 19.2. The van der Waals surface area contributed by atoms with E-state index in [1.165, 1.54) is 38.2 Å². The van der Waals surface area contributed by atoms with Gasteiger partial charge < -0.3 is 15.6 Å². The summed E-state index contributed by atoms with van der Waals surface area (Å²) in [5.74, 6) is 5.44. The molecule has 1 aliphatic heterocycles. The number of nitrogens with one attached hydrogen (secondary N) is 2. The minimum atomic E-state index is -0.197. The topological polar surface area (TPSA) is 96.2 Å². The highest BCUT2D eigenvalue weighted by Crippen LogP contribution is 2.16. The number of likely N-dealkylation sites (tertiary alicyclic amines) is 1. The van der Waals surface area contributed by atoms with Gasteiger partial charge in [0.2, 0.25) is 0 Å². The van der Waals surface area contributed by atoms with Crippen LogP contribution in [0.15, 0.2) is 12.4 Å². The summed E-state index contributed by atoms with van der Waals surface area (Å²) in [6.07, 6.45) is 7.70. The second-order valence-corrected chi connectivity index (χ2v) is 5.42. The van der Waals surface area contributed by atoms with Crippen molar-refractivity contribution in [1.82, 2.24) is 20.2 Å². The van der Waals surface area contributed by atoms with E-state index in [4.69, 9.17) is 5.84 Å². The Balaban J connectivity index is 1.68. The Bertz CT molecular complexity index is 449. The van der Waals surface area contributed by atoms with Gasteiger partial charge in [0.25, 0.3) is 5.91 Å². The maximum absolute atomic E-state index is 11.9. The summed E-state index contributed by atoms with van der Waals surface area (Å²) < 4.78 is 0. The molecule has 1 aromatic rings. The number of carbonyl (C=O) groups is 1. The van der Waals surface area contributed by atoms with Crippen LogP contribution < -0.4 is 16.6 Å². The lowest BCUT2D eigenvalue weighted by Gasteiger charge is -2.33. The van der Waals surface area contributed by atoms with Crippen LogP contribution in [-0.4, -0.2) is 46.5 Å². The third-order valence-electron chi connectivity index (χ3n) is 3.88. The molecule has 1 atom stereocenters. The molecule has 7 nitrogen and oxygen atoms in total. The molecular formula is C14H24N6O. The van der Waals surface area contributed by atoms with E-state index in [9.17, 15) is 4.79 Å². The first kappa shape index (κ1) is 15.7. The van der Waals surface area contributed by atoms with E-state index >= 15 is 0 Å². The number of hydrogen-bond donors (Lipinski definition) is 3. The molecule has 116 valence electrons. The van der Waals surface area contributed by atoms with Crippen LogP contribution in [0.5, 0.6) is 0 Å². The quantitative estimate of drug-likeness (QED) is 0.407. The predicted octanol–water partition coefficient (Wildman–Crippen LogP) is 0.757. The third kappa shape index (κ3) is 4.64. The second kappa shape index (κ2) is 7.90. The van der Waals surface area contributed by atoms with Crippen molar-refractivity contribution in [2.75, 3.05) is 25.1 Å². The summed E-state index contributed by atoms with van der Waals surface area (Å²) in [5, 5.41) is 2.87. The first-order valence-corrected chi connectivity index (χ1v) is 7.51. The Labute approximate surface area is 125 Å². The Morgan fingerprint density at radius 3 is 2.95 bits per heavy atom. The highest BCUT2D eigenvalue weighted by atomic mass is 16.1. The summed E-state index contributed by atoms with van der Waals surface area (Å²) >= 11 is 0. The molecule has 0 bridgehead atoms. The monoisotopic (exact) mass is 292 g/mol. The summed E-state index contributed by atoms with van der Waals surface area (Å²) in [6, 6.07) is 0.664. The second-order valence-electron chi connectivity index (χ2n) is 5.42. The smallest absolute Gasteiger partial charge is 0.271 e. The number of rotatable bonds is 6. The summed E-state index contributed by atoms with van der Waals surface area (Å²) in [5.41, 5.74) is 2.68. The minimum absolute atomic E-state index is 0.197. The van der Waals surface area contributed by atoms with Gasteiger partial charge in [-0.2, -0.15) is 0 Å². The molecular weight excluding hydrogens is 268 g/mol. The Morgan fingerprint density at radius 2 is 2.29 bits per heavy atom. The van der Waals surface area contributed by atoms with Gasteiger partial charge in [-0.1, -0.05) is 6.42 Å². The molecule has 1 aromatic heterocycles. The van der Waals surface area contributed by atoms with Crippen LogP contribution in [0, 0.1) is 0 Å². The van der Waals surface area contributed by atoms with Crippen molar-refractivity contribution in [3.8, 4) is 0 Å². The molecule has 1 saturated heterocycles. The maximum atomic E-state index is 11.9. The molecule has 0 radical (unpaired) electrons. The summed E-state index contributed by atoms with van der Waals surface area (Å²) in [4.78, 5) is 22.3. The molecule has 1 unspecified atom stereocenters. The predicted molar refractivity (Wildman–Crippen MR) is 81.7 cm³/mol. The number of carbonyl (C=O) groups excluding carboxylic acids is 1. The Kier molecular flexibility index (Phi) is 5.89. The number of nitrogens with zero attached hydrogens (tertiary/aromatic N) is 3. The molecule has 2 heterocycles. The highest BCUT2D eigenvalue weighted by Gasteiger charge is 2.17. The fourth-order valence-electron chi connectivity index (χ4n) is 2.58. The highest BCUT2D eigenvalue weighted by molar-refractivity contribution is 5.91. The van der Waals surface area contributed by atoms with Crippen molar-refractivity contribution in [1.29, 1.82) is 0 Å². The van der Waals surface area contributed by atoms with Crippen LogP contribution in [-0.2, 0) is 0 Å². The molecule has 2 rings (SSSR count). The fraction of sp³-hybridized carbons (Fsp3) is 0.643. The van der Waals surface area contributed by atoms with Crippen molar-refractivity contribution in [3.05, 3.63) is 18.1 Å². The standard InChI is InChI=1S/C14H24N6O/c1-11-5-2-3-7-20(11)8-4-6-16-14(21)12-9-18-13(19-15)10-17-12/h9-11H,2-8,15H2,1H3,(H,16,21)(H,18,19). The molecule has 7 heteroatoms. The average molecular weight is 292 g/mol. The zero-order valence-corrected chi connectivity index (χ0v) is 12.5. The van der Waals surface area contributed by atoms with Crippen molar-refractivity contribution in [2.45, 2.75) is 38.6 Å². The number of hydrazine groups is 1. The van der Waals surface area contributed by atoms with E-state index in [0.717, 1.165) is 13.0 Å². The van der Waals surface area contributed by atoms with E-state index < -0.39 is 0 Å². The van der Waals surface area contributed by atoms with Crippen molar-refractivity contribution in [3.63, 3.8) is 0 Å². The summed E-state index contributed by atoms with van der Waals surface area (Å²) in [7, 11) is 0. The van der Waals surface area contributed by atoms with Gasteiger partial charge in [0.15, 0.2) is 5.82 Å². The zero-order valence-electron chi connectivity index (χ0n) is 12.5. The zero-order chi connectivity index (χ0) is 15.1. The molecule has 4 N–H and O–H groups in total. The van der Waals surface area contributed by atoms with Crippen LogP contribution in [0.3, 0.4) is 0 Å². The first-order valence-electron chi connectivity index (χ1n) is 7.51. The van der Waals surface area contributed by atoms with Crippen molar-refractivity contribution < 1.29 is 4.79 Å². The van der Waals surface area contributed by atoms with Crippen molar-refractivity contribution >= 4 is 11.7 Å². The van der Waals surface area contributed by atoms with E-state index in [1.54, 1.807) is 0 Å². The number of piperidine rings is 1. The molecule has 0 aliphatic carbocycles. The van der Waals surface area contributed by atoms with Crippen molar-refractivity contribution in [2.24, 2.45) is 5.84 Å². The van der Waals surface area contributed by atoms with Gasteiger partial charge in [0.1, 0.15) is 5.69 Å². The van der Waals surface area contributed by atoms with Crippen LogP contribution in [0.4, 0.5) is 5.82 Å². The maximum Gasteiger partial charge on any atom is 0.271 e. The van der Waals surface area contributed by atoms with Gasteiger partial charge in [0, 0.05) is 19.1 Å². The van der Waals surface area contributed by atoms with Crippen LogP contribution >= 0.6 is 0 Å². The van der Waals surface area contributed by atoms with Gasteiger partial charge in [-0.05, 0) is 32.7 Å². The molecule has 1 aliphatic rings. The Hall–Kier alpha value is -1.73. The first-order chi connectivity index (χ1) is 10.2. The molecule has 0 saturated carbocycles. The van der Waals surface area contributed by atoms with Gasteiger partial charge >= 0.3 is 0 Å². The summed E-state index contributed by atoms with van der Waals surface area (Å²) in [6.45, 7) is 5.14. The Morgan fingerprint density at radius 1 is 1.43 bits per heavy atom. The lowest BCUT2D eigenvalue weighted by atomic mass is 10.0. The number of aromatic nitrogens is 2. The van der Waals surface area contributed by atoms with Gasteiger partial charge in [-0.25, -0.2) is 15.8 Å². The number of anilines is 1. The lowest BCUT2D eigenvalue weighted by Crippen LogP contribution is -2.39. The number of nitrogens with two attached hydrogens (primary N) is 1. The van der Waals surface area contributed by atoms with Gasteiger partial charge in [-0.3, -0.25) is 4.79 Å². The molecule has 1 amide bonds. The van der Waals surface area contributed by atoms with E-state index in [0.29, 0.717) is 24.1 Å². The van der Waals surface area contributed by atoms with Gasteiger partial charge in [-0.15, -0.1) is 0 Å². The van der Waals surface area contributed by atoms with Crippen LogP contribution in [0.25, 0.3) is 0 Å². The van der Waals surface area contributed by atoms with Gasteiger partial charge in [0.05, 0.1) is 12.4 Å². The number of amides is 1. The number of hydrogen-bond acceptors (Lipinski definition) is 6. The lowest BCUT2D eigenvalue weighted by molar-refractivity contribution is 0.0943. The third-order valence-corrected chi connectivity index (χ3v) is 3.88. The SMILES string of the molecule is CC1CCCCN1CCCNC(=O)c1cnc(NN)cn1. The van der Waals surface area contributed by atoms with E-state index in [2.05, 4.69) is 32.5 Å². The van der Waals surface area contributed by atoms with Crippen LogP contribution in [0.2, 0.25) is 0 Å². The largest absolute Gasteiger partial charge is 0.351 e. The average Bonchev–Trinajstić information content (AvgIpc) is 2.53. The van der Waals surface area contributed by atoms with E-state index in [-0.39, 0.29) is 5.91 Å². The minimum Gasteiger partial charge on any atom is -0.351 e. The van der Waals surface area contributed by atoms with Crippen LogP contribution in [0.1, 0.15) is 43.1 Å². The molecule has 0 spiro atoms. The fourth-order valence-corrected chi connectivity index (χ4v) is 2.58. The number of nitrogen functional groups attached to an aromatic ring is 1. The molecule has 0 aromatic carbocycles. The molecule has 21 heavy (non-hydrogen) atoms. The van der Waals surface area contributed by atoms with E-state index in [1.807, 2.05) is 0 Å².